The van der Waals surface area contributed by atoms with E-state index in [-0.39, 0.29) is 16.2 Å². The van der Waals surface area contributed by atoms with Crippen LogP contribution in [-0.4, -0.2) is 46.1 Å². The quantitative estimate of drug-likeness (QED) is 0.765. The van der Waals surface area contributed by atoms with Crippen molar-refractivity contribution in [1.29, 1.82) is 0 Å². The second kappa shape index (κ2) is 7.03. The summed E-state index contributed by atoms with van der Waals surface area (Å²) in [5, 5.41) is 2.25. The molecule has 0 bridgehead atoms. The number of ether oxygens (including phenoxy) is 1. The summed E-state index contributed by atoms with van der Waals surface area (Å²) in [6.07, 6.45) is 4.76. The average Bonchev–Trinajstić information content (AvgIpc) is 2.94. The van der Waals surface area contributed by atoms with Gasteiger partial charge in [0, 0.05) is 38.4 Å². The highest BCUT2D eigenvalue weighted by Gasteiger charge is 2.33. The van der Waals surface area contributed by atoms with Gasteiger partial charge in [-0.2, -0.15) is 5.01 Å². The van der Waals surface area contributed by atoms with Gasteiger partial charge in [-0.15, -0.1) is 0 Å². The molecule has 3 N–H and O–H groups in total. The van der Waals surface area contributed by atoms with Crippen molar-refractivity contribution in [3.05, 3.63) is 34.3 Å². The fourth-order valence-electron chi connectivity index (χ4n) is 3.09. The van der Waals surface area contributed by atoms with Crippen LogP contribution in [0.1, 0.15) is 24.8 Å². The monoisotopic (exact) mass is 395 g/mol. The zero-order valence-electron chi connectivity index (χ0n) is 14.2. The third-order valence-corrected chi connectivity index (χ3v) is 5.32. The number of hydrogen-bond donors (Lipinski definition) is 2. The Labute approximate surface area is 161 Å². The summed E-state index contributed by atoms with van der Waals surface area (Å²) >= 11 is 12.1. The first-order chi connectivity index (χ1) is 12.5. The standard InChI is InChI=1S/C16H19Cl2N7O/c1-24-16(26-10-2-5-20-14(18)12(10)17)13-15(23-24)22-11(8-21-13)25-6-3-9(19)4-7-25/h2,5,8-9,16H,3-4,6-7,19H2,1H3,(H,22,23). The number of nitrogens with zero attached hydrogens (tertiary/aromatic N) is 5. The van der Waals surface area contributed by atoms with Crippen LogP contribution < -0.4 is 20.8 Å². The van der Waals surface area contributed by atoms with Crippen molar-refractivity contribution in [3.63, 3.8) is 0 Å². The van der Waals surface area contributed by atoms with Gasteiger partial charge in [0.15, 0.2) is 11.0 Å². The minimum absolute atomic E-state index is 0.197. The molecule has 0 amide bonds. The number of pyridine rings is 1. The van der Waals surface area contributed by atoms with E-state index in [1.54, 1.807) is 23.5 Å². The van der Waals surface area contributed by atoms with E-state index in [2.05, 4.69) is 20.3 Å². The topological polar surface area (TPSA) is 92.4 Å². The summed E-state index contributed by atoms with van der Waals surface area (Å²) in [6, 6.07) is 1.94. The van der Waals surface area contributed by atoms with E-state index in [1.165, 1.54) is 0 Å². The van der Waals surface area contributed by atoms with Crippen LogP contribution in [0.25, 0.3) is 0 Å². The Hall–Kier alpha value is -1.87. The number of hydrazine groups is 1. The summed E-state index contributed by atoms with van der Waals surface area (Å²) in [6.45, 7) is 1.77. The number of aromatic nitrogens is 3. The summed E-state index contributed by atoms with van der Waals surface area (Å²) in [5.74, 6) is 1.94. The van der Waals surface area contributed by atoms with Gasteiger partial charge in [-0.05, 0) is 12.8 Å². The van der Waals surface area contributed by atoms with Gasteiger partial charge in [-0.1, -0.05) is 23.2 Å². The first-order valence-electron chi connectivity index (χ1n) is 8.36. The Morgan fingerprint density at radius 2 is 2.04 bits per heavy atom. The number of hydrogen-bond acceptors (Lipinski definition) is 8. The molecular weight excluding hydrogens is 377 g/mol. The van der Waals surface area contributed by atoms with E-state index in [4.69, 9.17) is 38.7 Å². The maximum Gasteiger partial charge on any atom is 0.215 e. The molecular formula is C16H19Cl2N7O. The molecule has 2 aromatic heterocycles. The Bertz CT molecular complexity index is 813. The number of anilines is 2. The van der Waals surface area contributed by atoms with Crippen LogP contribution in [0.15, 0.2) is 18.5 Å². The predicted molar refractivity (Wildman–Crippen MR) is 100 cm³/mol. The lowest BCUT2D eigenvalue weighted by molar-refractivity contribution is 0.0734. The highest BCUT2D eigenvalue weighted by molar-refractivity contribution is 6.42. The smallest absolute Gasteiger partial charge is 0.215 e. The molecule has 1 saturated heterocycles. The predicted octanol–water partition coefficient (Wildman–Crippen LogP) is 2.46. The summed E-state index contributed by atoms with van der Waals surface area (Å²) in [5.41, 5.74) is 9.85. The van der Waals surface area contributed by atoms with Crippen LogP contribution in [0.2, 0.25) is 10.2 Å². The van der Waals surface area contributed by atoms with Crippen LogP contribution in [0.4, 0.5) is 11.6 Å². The van der Waals surface area contributed by atoms with Gasteiger partial charge in [-0.25, -0.2) is 15.0 Å². The van der Waals surface area contributed by atoms with E-state index in [0.29, 0.717) is 17.3 Å². The maximum atomic E-state index is 6.17. The molecule has 0 aromatic carbocycles. The average molecular weight is 396 g/mol. The van der Waals surface area contributed by atoms with Crippen LogP contribution >= 0.6 is 23.2 Å². The lowest BCUT2D eigenvalue weighted by atomic mass is 10.1. The van der Waals surface area contributed by atoms with Gasteiger partial charge in [-0.3, -0.25) is 5.43 Å². The van der Waals surface area contributed by atoms with Crippen molar-refractivity contribution < 1.29 is 4.74 Å². The highest BCUT2D eigenvalue weighted by Crippen LogP contribution is 2.38. The number of nitrogens with two attached hydrogens (primary N) is 1. The van der Waals surface area contributed by atoms with Gasteiger partial charge >= 0.3 is 0 Å². The van der Waals surface area contributed by atoms with Gasteiger partial charge in [0.2, 0.25) is 6.23 Å². The third-order valence-electron chi connectivity index (χ3n) is 4.57. The second-order valence-electron chi connectivity index (χ2n) is 6.39. The molecule has 0 saturated carbocycles. The molecule has 26 heavy (non-hydrogen) atoms. The van der Waals surface area contributed by atoms with E-state index in [0.717, 1.165) is 31.7 Å². The number of fused-ring (bicyclic) bond motifs is 1. The normalized spacial score (nSPS) is 20.8. The molecule has 2 aliphatic rings. The number of rotatable bonds is 3. The second-order valence-corrected chi connectivity index (χ2v) is 7.13. The largest absolute Gasteiger partial charge is 0.466 e. The minimum Gasteiger partial charge on any atom is -0.466 e. The summed E-state index contributed by atoms with van der Waals surface area (Å²) < 4.78 is 6.00. The van der Waals surface area contributed by atoms with Gasteiger partial charge in [0.1, 0.15) is 22.3 Å². The third kappa shape index (κ3) is 3.25. The molecule has 0 spiro atoms. The molecule has 0 aliphatic carbocycles. The van der Waals surface area contributed by atoms with E-state index < -0.39 is 6.23 Å². The molecule has 10 heteroatoms. The number of nitrogens with one attached hydrogen (secondary N) is 1. The molecule has 0 radical (unpaired) electrons. The number of piperidine rings is 1. The molecule has 4 heterocycles. The lowest BCUT2D eigenvalue weighted by Gasteiger charge is -2.30. The molecule has 1 unspecified atom stereocenters. The first-order valence-corrected chi connectivity index (χ1v) is 9.12. The lowest BCUT2D eigenvalue weighted by Crippen LogP contribution is -2.40. The molecule has 138 valence electrons. The first kappa shape index (κ1) is 17.5. The van der Waals surface area contributed by atoms with Crippen molar-refractivity contribution in [2.24, 2.45) is 5.73 Å². The zero-order chi connectivity index (χ0) is 18.3. The maximum absolute atomic E-state index is 6.17. The molecule has 8 nitrogen and oxygen atoms in total. The Morgan fingerprint density at radius 1 is 1.27 bits per heavy atom. The van der Waals surface area contributed by atoms with E-state index in [1.807, 2.05) is 7.05 Å². The van der Waals surface area contributed by atoms with Crippen molar-refractivity contribution in [1.82, 2.24) is 20.0 Å². The van der Waals surface area contributed by atoms with Crippen LogP contribution in [0.3, 0.4) is 0 Å². The van der Waals surface area contributed by atoms with Crippen molar-refractivity contribution >= 4 is 34.8 Å². The van der Waals surface area contributed by atoms with Crippen LogP contribution in [-0.2, 0) is 0 Å². The number of halogens is 2. The van der Waals surface area contributed by atoms with Crippen molar-refractivity contribution in [2.75, 3.05) is 30.5 Å². The van der Waals surface area contributed by atoms with Crippen molar-refractivity contribution in [2.45, 2.75) is 25.1 Å². The van der Waals surface area contributed by atoms with Gasteiger partial charge < -0.3 is 15.4 Å². The summed E-state index contributed by atoms with van der Waals surface area (Å²) in [4.78, 5) is 15.4. The summed E-state index contributed by atoms with van der Waals surface area (Å²) in [7, 11) is 1.85. The van der Waals surface area contributed by atoms with Crippen LogP contribution in [0.5, 0.6) is 5.75 Å². The molecule has 1 fully saturated rings. The Morgan fingerprint density at radius 3 is 2.81 bits per heavy atom. The van der Waals surface area contributed by atoms with Gasteiger partial charge in [0.25, 0.3) is 0 Å². The van der Waals surface area contributed by atoms with Gasteiger partial charge in [0.05, 0.1) is 6.20 Å². The molecule has 1 atom stereocenters. The zero-order valence-corrected chi connectivity index (χ0v) is 15.7. The minimum atomic E-state index is -0.475. The van der Waals surface area contributed by atoms with Crippen LogP contribution in [0, 0.1) is 0 Å². The molecule has 4 rings (SSSR count). The van der Waals surface area contributed by atoms with Crippen molar-refractivity contribution in [3.8, 4) is 5.75 Å². The fourth-order valence-corrected chi connectivity index (χ4v) is 3.40. The Kier molecular flexibility index (Phi) is 4.74. The SMILES string of the molecule is CN1Nc2nc(N3CCC(N)CC3)cnc2C1Oc1ccnc(Cl)c1Cl. The highest BCUT2D eigenvalue weighted by atomic mass is 35.5. The Balaban J connectivity index is 1.57. The van der Waals surface area contributed by atoms with E-state index >= 15 is 0 Å². The molecule has 2 aromatic rings. The molecule has 2 aliphatic heterocycles. The fraction of sp³-hybridized carbons (Fsp3) is 0.438. The van der Waals surface area contributed by atoms with E-state index in [9.17, 15) is 0 Å².